The van der Waals surface area contributed by atoms with Gasteiger partial charge in [0.05, 0.1) is 35.6 Å². The van der Waals surface area contributed by atoms with Crippen molar-refractivity contribution in [3.8, 4) is 28.4 Å². The fraction of sp³-hybridized carbons (Fsp3) is 0.310. The van der Waals surface area contributed by atoms with Crippen molar-refractivity contribution in [3.63, 3.8) is 0 Å². The van der Waals surface area contributed by atoms with Crippen molar-refractivity contribution < 1.29 is 27.4 Å². The summed E-state index contributed by atoms with van der Waals surface area (Å²) in [7, 11) is 1.33. The van der Waals surface area contributed by atoms with Crippen LogP contribution in [0.4, 0.5) is 13.2 Å². The number of rotatable bonds is 8. The Balaban J connectivity index is 1.51. The third-order valence-electron chi connectivity index (χ3n) is 7.59. The number of alkyl halides is 3. The molecule has 2 N–H and O–H groups in total. The second-order valence-corrected chi connectivity index (χ2v) is 10.8. The predicted molar refractivity (Wildman–Crippen MR) is 154 cm³/mol. The molecule has 1 saturated carbocycles. The fourth-order valence-corrected chi connectivity index (χ4v) is 5.83. The Labute approximate surface area is 253 Å². The lowest BCUT2D eigenvalue weighted by molar-refractivity contribution is -0.274. The molecule has 3 aromatic heterocycles. The molecule has 5 aromatic rings. The zero-order valence-electron chi connectivity index (χ0n) is 23.3. The molecule has 1 aliphatic carbocycles. The van der Waals surface area contributed by atoms with Gasteiger partial charge in [0.25, 0.3) is 5.91 Å². The molecule has 1 atom stereocenters. The maximum atomic E-state index is 13.9. The van der Waals surface area contributed by atoms with Crippen molar-refractivity contribution in [1.82, 2.24) is 40.7 Å². The molecule has 15 heteroatoms. The van der Waals surface area contributed by atoms with Gasteiger partial charge in [-0.15, -0.1) is 23.4 Å². The van der Waals surface area contributed by atoms with Crippen molar-refractivity contribution in [1.29, 1.82) is 0 Å². The van der Waals surface area contributed by atoms with E-state index in [4.69, 9.17) is 16.3 Å². The summed E-state index contributed by atoms with van der Waals surface area (Å²) in [5.74, 6) is -0.611. The van der Waals surface area contributed by atoms with Gasteiger partial charge in [0.1, 0.15) is 11.5 Å². The van der Waals surface area contributed by atoms with Crippen molar-refractivity contribution in [2.24, 2.45) is 5.92 Å². The first-order chi connectivity index (χ1) is 21.2. The number of aromatic nitrogens is 7. The molecule has 0 unspecified atom stereocenters. The lowest BCUT2D eigenvalue weighted by Crippen LogP contribution is -2.35. The van der Waals surface area contributed by atoms with Crippen LogP contribution in [0.15, 0.2) is 54.7 Å². The first-order valence-corrected chi connectivity index (χ1v) is 14.2. The smallest absolute Gasteiger partial charge is 0.496 e. The molecular formula is C29H26ClF3N8O3. The highest BCUT2D eigenvalue weighted by atomic mass is 35.5. The Morgan fingerprint density at radius 3 is 2.64 bits per heavy atom. The van der Waals surface area contributed by atoms with E-state index < -0.39 is 24.1 Å². The van der Waals surface area contributed by atoms with Crippen LogP contribution in [0.3, 0.4) is 0 Å². The maximum absolute atomic E-state index is 13.9. The van der Waals surface area contributed by atoms with Crippen molar-refractivity contribution >= 4 is 28.4 Å². The summed E-state index contributed by atoms with van der Waals surface area (Å²) in [6, 6.07) is 11.6. The molecule has 0 bridgehead atoms. The number of nitrogens with one attached hydrogen (secondary N) is 2. The highest BCUT2D eigenvalue weighted by Gasteiger charge is 2.35. The van der Waals surface area contributed by atoms with Gasteiger partial charge in [-0.2, -0.15) is 10.3 Å². The molecule has 6 rings (SSSR count). The summed E-state index contributed by atoms with van der Waals surface area (Å²) in [5, 5.41) is 23.0. The van der Waals surface area contributed by atoms with Crippen molar-refractivity contribution in [2.75, 3.05) is 7.11 Å². The van der Waals surface area contributed by atoms with Crippen LogP contribution in [-0.2, 0) is 0 Å². The zero-order valence-corrected chi connectivity index (χ0v) is 24.1. The highest BCUT2D eigenvalue weighted by molar-refractivity contribution is 6.31. The fourth-order valence-electron chi connectivity index (χ4n) is 5.67. The average molecular weight is 627 g/mol. The summed E-state index contributed by atoms with van der Waals surface area (Å²) in [4.78, 5) is 18.2. The Morgan fingerprint density at radius 1 is 1.11 bits per heavy atom. The Morgan fingerprint density at radius 2 is 1.91 bits per heavy atom. The van der Waals surface area contributed by atoms with E-state index in [1.54, 1.807) is 24.3 Å². The first kappa shape index (κ1) is 29.4. The molecule has 44 heavy (non-hydrogen) atoms. The lowest BCUT2D eigenvalue weighted by atomic mass is 9.83. The number of ether oxygens (including phenoxy) is 2. The quantitative estimate of drug-likeness (QED) is 0.208. The van der Waals surface area contributed by atoms with Crippen LogP contribution in [0.5, 0.6) is 11.5 Å². The number of hydrogen-bond donors (Lipinski definition) is 2. The zero-order chi connectivity index (χ0) is 30.8. The number of fused-ring (bicyclic) bond motifs is 1. The van der Waals surface area contributed by atoms with E-state index in [-0.39, 0.29) is 28.6 Å². The van der Waals surface area contributed by atoms with E-state index >= 15 is 0 Å². The molecule has 2 aromatic carbocycles. The number of methoxy groups -OCH3 is 1. The van der Waals surface area contributed by atoms with E-state index in [2.05, 4.69) is 40.8 Å². The number of pyridine rings is 1. The standard InChI is InChI=1S/C29H26ClF3N8O3/c1-43-23-8-5-9-24(44-29(31,32)33)25(23)22-15-20(38-41(22)21-12-13-34-19-14-17(30)10-11-18(19)21)28(42)35-26(27-36-39-40-37-27)16-6-3-2-4-7-16/h5,8-16,26H,2-4,6-7H2,1H3,(H,35,42)(H,36,37,39,40)/t26-/m0/s1. The minimum Gasteiger partial charge on any atom is -0.496 e. The van der Waals surface area contributed by atoms with Crippen LogP contribution in [0.2, 0.25) is 5.02 Å². The molecular weight excluding hydrogens is 601 g/mol. The minimum atomic E-state index is -5.00. The SMILES string of the molecule is COc1cccc(OC(F)(F)F)c1-c1cc(C(=O)N[C@H](c2nn[nH]n2)C2CCCCC2)nn1-c1ccnc2cc(Cl)ccc12. The number of amides is 1. The van der Waals surface area contributed by atoms with Gasteiger partial charge in [-0.25, -0.2) is 4.68 Å². The minimum absolute atomic E-state index is 0.0557. The molecule has 11 nitrogen and oxygen atoms in total. The number of aromatic amines is 1. The van der Waals surface area contributed by atoms with E-state index in [1.165, 1.54) is 42.3 Å². The number of tetrazole rings is 1. The van der Waals surface area contributed by atoms with Gasteiger partial charge in [0, 0.05) is 16.6 Å². The lowest BCUT2D eigenvalue weighted by Gasteiger charge is -2.28. The van der Waals surface area contributed by atoms with Crippen LogP contribution in [0, 0.1) is 5.92 Å². The van der Waals surface area contributed by atoms with Crippen LogP contribution in [0.25, 0.3) is 27.8 Å². The summed E-state index contributed by atoms with van der Waals surface area (Å²) in [5.41, 5.74) is 0.949. The molecule has 1 aliphatic rings. The van der Waals surface area contributed by atoms with Crippen molar-refractivity contribution in [3.05, 3.63) is 71.3 Å². The largest absolute Gasteiger partial charge is 0.573 e. The number of H-pyrrole nitrogens is 1. The highest BCUT2D eigenvalue weighted by Crippen LogP contribution is 2.42. The molecule has 3 heterocycles. The topological polar surface area (TPSA) is 133 Å². The van der Waals surface area contributed by atoms with Gasteiger partial charge in [-0.05, 0) is 61.2 Å². The Hall–Kier alpha value is -4.72. The van der Waals surface area contributed by atoms with Gasteiger partial charge in [0.15, 0.2) is 11.5 Å². The average Bonchev–Trinajstić information content (AvgIpc) is 3.70. The van der Waals surface area contributed by atoms with Crippen molar-refractivity contribution in [2.45, 2.75) is 44.5 Å². The molecule has 228 valence electrons. The van der Waals surface area contributed by atoms with Crippen LogP contribution < -0.4 is 14.8 Å². The Bertz CT molecular complexity index is 1790. The molecule has 1 amide bonds. The maximum Gasteiger partial charge on any atom is 0.573 e. The second kappa shape index (κ2) is 12.1. The van der Waals surface area contributed by atoms with Gasteiger partial charge >= 0.3 is 6.36 Å². The summed E-state index contributed by atoms with van der Waals surface area (Å²) >= 11 is 6.19. The Kier molecular flexibility index (Phi) is 8.08. The molecule has 0 spiro atoms. The third-order valence-corrected chi connectivity index (χ3v) is 7.82. The van der Waals surface area contributed by atoms with E-state index in [0.29, 0.717) is 27.4 Å². The second-order valence-electron chi connectivity index (χ2n) is 10.3. The van der Waals surface area contributed by atoms with Crippen LogP contribution in [0.1, 0.15) is 54.5 Å². The number of carbonyl (C=O) groups excluding carboxylic acids is 1. The molecule has 0 radical (unpaired) electrons. The monoisotopic (exact) mass is 626 g/mol. The van der Waals surface area contributed by atoms with E-state index in [0.717, 1.165) is 32.1 Å². The number of benzene rings is 2. The first-order valence-electron chi connectivity index (χ1n) is 13.8. The number of carbonyl (C=O) groups is 1. The summed E-state index contributed by atoms with van der Waals surface area (Å²) in [6.07, 6.45) is 1.36. The predicted octanol–water partition coefficient (Wildman–Crippen LogP) is 6.21. The van der Waals surface area contributed by atoms with E-state index in [1.807, 2.05) is 0 Å². The van der Waals surface area contributed by atoms with E-state index in [9.17, 15) is 18.0 Å². The summed E-state index contributed by atoms with van der Waals surface area (Å²) in [6.45, 7) is 0. The normalized spacial score (nSPS) is 14.8. The molecule has 1 fully saturated rings. The number of hydrogen-bond acceptors (Lipinski definition) is 8. The number of halogens is 4. The van der Waals surface area contributed by atoms with Gasteiger partial charge in [-0.3, -0.25) is 9.78 Å². The summed E-state index contributed by atoms with van der Waals surface area (Å²) < 4.78 is 51.9. The van der Waals surface area contributed by atoms with Gasteiger partial charge in [-0.1, -0.05) is 42.1 Å². The number of nitrogens with zero attached hydrogens (tertiary/aromatic N) is 6. The van der Waals surface area contributed by atoms with Gasteiger partial charge < -0.3 is 14.8 Å². The van der Waals surface area contributed by atoms with Crippen LogP contribution in [-0.4, -0.2) is 54.8 Å². The van der Waals surface area contributed by atoms with Crippen LogP contribution >= 0.6 is 11.6 Å². The molecule has 0 aliphatic heterocycles. The molecule has 0 saturated heterocycles. The third kappa shape index (κ3) is 6.02. The van der Waals surface area contributed by atoms with Gasteiger partial charge in [0.2, 0.25) is 0 Å².